The van der Waals surface area contributed by atoms with E-state index in [1.807, 2.05) is 18.2 Å². The molecule has 0 unspecified atom stereocenters. The summed E-state index contributed by atoms with van der Waals surface area (Å²) in [5.41, 5.74) is 2.42. The maximum absolute atomic E-state index is 5.56. The zero-order valence-corrected chi connectivity index (χ0v) is 8.65. The Balaban J connectivity index is 2.58. The van der Waals surface area contributed by atoms with Gasteiger partial charge in [-0.05, 0) is 18.2 Å². The Hall–Kier alpha value is -1.42. The lowest BCUT2D eigenvalue weighted by atomic mass is 10.2. The first kappa shape index (κ1) is 7.94. The summed E-state index contributed by atoms with van der Waals surface area (Å²) in [6.45, 7) is 0. The van der Waals surface area contributed by atoms with Crippen molar-refractivity contribution in [3.63, 3.8) is 0 Å². The molecule has 4 heteroatoms. The minimum Gasteiger partial charge on any atom is -0.453 e. The van der Waals surface area contributed by atoms with Crippen LogP contribution in [0.1, 0.15) is 0 Å². The molecular formula is C10H5BrN2O. The molecule has 3 aromatic rings. The van der Waals surface area contributed by atoms with Crippen LogP contribution in [0.3, 0.4) is 0 Å². The van der Waals surface area contributed by atoms with Crippen molar-refractivity contribution in [2.24, 2.45) is 0 Å². The monoisotopic (exact) mass is 248 g/mol. The standard InChI is InChI=1S/C10H5BrN2O/c11-6-1-2-8-7(3-6)10-9(14-8)4-12-5-13-10/h1-5H. The lowest BCUT2D eigenvalue weighted by Gasteiger charge is -1.88. The summed E-state index contributed by atoms with van der Waals surface area (Å²) in [4.78, 5) is 8.10. The molecule has 2 heterocycles. The van der Waals surface area contributed by atoms with Crippen molar-refractivity contribution in [1.29, 1.82) is 0 Å². The molecule has 0 saturated carbocycles. The molecule has 1 aromatic carbocycles. The van der Waals surface area contributed by atoms with Gasteiger partial charge in [0.05, 0.1) is 6.20 Å². The largest absolute Gasteiger partial charge is 0.453 e. The lowest BCUT2D eigenvalue weighted by molar-refractivity contribution is 0.665. The fourth-order valence-electron chi connectivity index (χ4n) is 1.49. The van der Waals surface area contributed by atoms with Crippen LogP contribution in [0.2, 0.25) is 0 Å². The van der Waals surface area contributed by atoms with E-state index in [2.05, 4.69) is 25.9 Å². The van der Waals surface area contributed by atoms with E-state index in [9.17, 15) is 0 Å². The maximum atomic E-state index is 5.56. The van der Waals surface area contributed by atoms with Crippen LogP contribution in [0.15, 0.2) is 39.6 Å². The van der Waals surface area contributed by atoms with E-state index >= 15 is 0 Å². The predicted molar refractivity (Wildman–Crippen MR) is 57.0 cm³/mol. The summed E-state index contributed by atoms with van der Waals surface area (Å²) in [7, 11) is 0. The van der Waals surface area contributed by atoms with Crippen LogP contribution in [-0.2, 0) is 0 Å². The molecule has 0 spiro atoms. The van der Waals surface area contributed by atoms with Gasteiger partial charge in [0, 0.05) is 9.86 Å². The van der Waals surface area contributed by atoms with Crippen molar-refractivity contribution in [3.8, 4) is 0 Å². The number of aromatic nitrogens is 2. The fraction of sp³-hybridized carbons (Fsp3) is 0. The highest BCUT2D eigenvalue weighted by molar-refractivity contribution is 9.10. The zero-order chi connectivity index (χ0) is 9.54. The van der Waals surface area contributed by atoms with Crippen molar-refractivity contribution < 1.29 is 4.42 Å². The van der Waals surface area contributed by atoms with Crippen LogP contribution in [0.25, 0.3) is 22.1 Å². The van der Waals surface area contributed by atoms with Gasteiger partial charge < -0.3 is 4.42 Å². The Morgan fingerprint density at radius 2 is 2.14 bits per heavy atom. The average Bonchev–Trinajstić information content (AvgIpc) is 2.56. The number of nitrogens with zero attached hydrogens (tertiary/aromatic N) is 2. The third kappa shape index (κ3) is 1.04. The van der Waals surface area contributed by atoms with E-state index < -0.39 is 0 Å². The Labute approximate surface area is 87.9 Å². The zero-order valence-electron chi connectivity index (χ0n) is 7.07. The molecule has 0 aliphatic carbocycles. The highest BCUT2D eigenvalue weighted by Crippen LogP contribution is 2.28. The Morgan fingerprint density at radius 1 is 1.21 bits per heavy atom. The van der Waals surface area contributed by atoms with E-state index in [1.54, 1.807) is 6.20 Å². The Bertz CT molecular complexity index is 618. The summed E-state index contributed by atoms with van der Waals surface area (Å²) in [5.74, 6) is 0. The van der Waals surface area contributed by atoms with E-state index in [-0.39, 0.29) is 0 Å². The summed E-state index contributed by atoms with van der Waals surface area (Å²) >= 11 is 3.42. The second-order valence-corrected chi connectivity index (χ2v) is 3.89. The molecule has 0 radical (unpaired) electrons. The number of furan rings is 1. The van der Waals surface area contributed by atoms with Gasteiger partial charge in [-0.25, -0.2) is 9.97 Å². The van der Waals surface area contributed by atoms with Gasteiger partial charge in [-0.1, -0.05) is 15.9 Å². The molecule has 0 amide bonds. The SMILES string of the molecule is Brc1ccc2oc3cncnc3c2c1. The predicted octanol–water partition coefficient (Wildman–Crippen LogP) is 3.14. The van der Waals surface area contributed by atoms with Gasteiger partial charge in [-0.15, -0.1) is 0 Å². The summed E-state index contributed by atoms with van der Waals surface area (Å²) in [6, 6.07) is 5.85. The normalized spacial score (nSPS) is 11.2. The smallest absolute Gasteiger partial charge is 0.172 e. The second kappa shape index (κ2) is 2.78. The van der Waals surface area contributed by atoms with Gasteiger partial charge in [-0.2, -0.15) is 0 Å². The molecular weight excluding hydrogens is 244 g/mol. The van der Waals surface area contributed by atoms with Crippen molar-refractivity contribution in [2.45, 2.75) is 0 Å². The highest BCUT2D eigenvalue weighted by atomic mass is 79.9. The van der Waals surface area contributed by atoms with Crippen LogP contribution < -0.4 is 0 Å². The maximum Gasteiger partial charge on any atom is 0.172 e. The van der Waals surface area contributed by atoms with Gasteiger partial charge in [0.1, 0.15) is 17.4 Å². The summed E-state index contributed by atoms with van der Waals surface area (Å²) in [5, 5.41) is 1.01. The van der Waals surface area contributed by atoms with Crippen LogP contribution in [0, 0.1) is 0 Å². The highest BCUT2D eigenvalue weighted by Gasteiger charge is 2.07. The quantitative estimate of drug-likeness (QED) is 0.614. The van der Waals surface area contributed by atoms with Gasteiger partial charge >= 0.3 is 0 Å². The van der Waals surface area contributed by atoms with Crippen LogP contribution in [-0.4, -0.2) is 9.97 Å². The van der Waals surface area contributed by atoms with Gasteiger partial charge in [0.25, 0.3) is 0 Å². The van der Waals surface area contributed by atoms with Crippen molar-refractivity contribution in [1.82, 2.24) is 9.97 Å². The molecule has 3 nitrogen and oxygen atoms in total. The van der Waals surface area contributed by atoms with E-state index in [4.69, 9.17) is 4.42 Å². The first-order valence-electron chi connectivity index (χ1n) is 4.12. The Morgan fingerprint density at radius 3 is 3.07 bits per heavy atom. The average molecular weight is 249 g/mol. The minimum absolute atomic E-state index is 0.723. The van der Waals surface area contributed by atoms with Crippen LogP contribution >= 0.6 is 15.9 Å². The number of halogens is 1. The second-order valence-electron chi connectivity index (χ2n) is 2.98. The molecule has 0 fully saturated rings. The molecule has 0 aliphatic rings. The Kier molecular flexibility index (Phi) is 1.58. The van der Waals surface area contributed by atoms with Crippen molar-refractivity contribution >= 4 is 38.0 Å². The van der Waals surface area contributed by atoms with E-state index in [0.29, 0.717) is 0 Å². The molecule has 0 saturated heterocycles. The number of hydrogen-bond acceptors (Lipinski definition) is 3. The van der Waals surface area contributed by atoms with Crippen LogP contribution in [0.5, 0.6) is 0 Å². The van der Waals surface area contributed by atoms with Gasteiger partial charge in [0.2, 0.25) is 0 Å². The lowest BCUT2D eigenvalue weighted by Crippen LogP contribution is -1.75. The number of benzene rings is 1. The molecule has 14 heavy (non-hydrogen) atoms. The molecule has 3 rings (SSSR count). The molecule has 0 atom stereocenters. The molecule has 0 aliphatic heterocycles. The first-order valence-corrected chi connectivity index (χ1v) is 4.92. The number of rotatable bonds is 0. The third-order valence-electron chi connectivity index (χ3n) is 2.10. The van der Waals surface area contributed by atoms with Gasteiger partial charge in [0.15, 0.2) is 5.58 Å². The van der Waals surface area contributed by atoms with Gasteiger partial charge in [-0.3, -0.25) is 0 Å². The fourth-order valence-corrected chi connectivity index (χ4v) is 1.85. The summed E-state index contributed by atoms with van der Waals surface area (Å²) in [6.07, 6.45) is 3.20. The molecule has 2 aromatic heterocycles. The first-order chi connectivity index (χ1) is 6.84. The topological polar surface area (TPSA) is 38.9 Å². The van der Waals surface area contributed by atoms with E-state index in [0.717, 1.165) is 26.5 Å². The molecule has 68 valence electrons. The van der Waals surface area contributed by atoms with Crippen molar-refractivity contribution in [3.05, 3.63) is 35.2 Å². The molecule has 0 N–H and O–H groups in total. The number of hydrogen-bond donors (Lipinski definition) is 0. The van der Waals surface area contributed by atoms with Crippen LogP contribution in [0.4, 0.5) is 0 Å². The number of fused-ring (bicyclic) bond motifs is 3. The molecule has 0 bridgehead atoms. The minimum atomic E-state index is 0.723. The summed E-state index contributed by atoms with van der Waals surface area (Å²) < 4.78 is 6.58. The third-order valence-corrected chi connectivity index (χ3v) is 2.59. The van der Waals surface area contributed by atoms with Crippen molar-refractivity contribution in [2.75, 3.05) is 0 Å². The van der Waals surface area contributed by atoms with E-state index in [1.165, 1.54) is 6.33 Å².